The predicted molar refractivity (Wildman–Crippen MR) is 105 cm³/mol. The molecule has 2 amide bonds. The summed E-state index contributed by atoms with van der Waals surface area (Å²) >= 11 is 0. The Labute approximate surface area is 167 Å². The number of nitrogens with one attached hydrogen (secondary N) is 1. The molecule has 0 aromatic heterocycles. The Morgan fingerprint density at radius 2 is 1.76 bits per heavy atom. The van der Waals surface area contributed by atoms with Crippen LogP contribution in [0.25, 0.3) is 11.1 Å². The fraction of sp³-hybridized carbons (Fsp3) is 0.286. The smallest absolute Gasteiger partial charge is 0.345 e. The molecule has 2 atom stereocenters. The van der Waals surface area contributed by atoms with Crippen LogP contribution >= 0.6 is 0 Å². The van der Waals surface area contributed by atoms with Gasteiger partial charge in [-0.05, 0) is 24.1 Å². The van der Waals surface area contributed by atoms with E-state index in [9.17, 15) is 19.5 Å². The molecule has 1 heterocycles. The lowest BCUT2D eigenvalue weighted by molar-refractivity contribution is -0.164. The Morgan fingerprint density at radius 1 is 1.14 bits per heavy atom. The molecular formula is C21H22N2O6. The Bertz CT molecular complexity index is 956. The summed E-state index contributed by atoms with van der Waals surface area (Å²) in [5.74, 6) is -3.33. The van der Waals surface area contributed by atoms with Gasteiger partial charge in [0.2, 0.25) is 5.60 Å². The summed E-state index contributed by atoms with van der Waals surface area (Å²) in [6.07, 6.45) is 0. The number of benzene rings is 2. The zero-order valence-corrected chi connectivity index (χ0v) is 16.1. The molecule has 8 nitrogen and oxygen atoms in total. The quantitative estimate of drug-likeness (QED) is 0.633. The number of methoxy groups -OCH3 is 1. The van der Waals surface area contributed by atoms with E-state index in [1.54, 1.807) is 18.2 Å². The minimum Gasteiger partial charge on any atom is -0.479 e. The van der Waals surface area contributed by atoms with Crippen molar-refractivity contribution >= 4 is 23.5 Å². The van der Waals surface area contributed by atoms with Crippen LogP contribution in [-0.4, -0.2) is 53.9 Å². The van der Waals surface area contributed by atoms with Crippen molar-refractivity contribution in [3.8, 4) is 11.1 Å². The highest BCUT2D eigenvalue weighted by Crippen LogP contribution is 2.40. The highest BCUT2D eigenvalue weighted by Gasteiger charge is 2.43. The van der Waals surface area contributed by atoms with Crippen LogP contribution in [0.15, 0.2) is 48.5 Å². The molecule has 1 aliphatic heterocycles. The summed E-state index contributed by atoms with van der Waals surface area (Å²) in [6, 6.07) is 13.2. The third-order valence-electron chi connectivity index (χ3n) is 4.92. The molecule has 2 aromatic rings. The van der Waals surface area contributed by atoms with Crippen LogP contribution in [-0.2, 0) is 19.1 Å². The fourth-order valence-electron chi connectivity index (χ4n) is 3.26. The number of anilines is 1. The Balaban J connectivity index is 2.13. The molecule has 0 spiro atoms. The standard InChI is InChI=1S/C21H22N2O6/c1-21(28,20(26)27)19(25)22-17-15-9-4-3-7-13(15)14-8-5-6-10-16(14)23(18(17)24)11-12-29-2/h3-10,17,28H,11-12H2,1-2H3,(H,22,25)(H,26,27)/t17?,21-/m0/s1. The van der Waals surface area contributed by atoms with Crippen molar-refractivity contribution in [3.05, 3.63) is 54.1 Å². The van der Waals surface area contributed by atoms with Crippen LogP contribution in [0.3, 0.4) is 0 Å². The zero-order valence-electron chi connectivity index (χ0n) is 16.1. The summed E-state index contributed by atoms with van der Waals surface area (Å²) in [5.41, 5.74) is 0.0280. The molecule has 0 aliphatic carbocycles. The van der Waals surface area contributed by atoms with Gasteiger partial charge in [-0.15, -0.1) is 0 Å². The van der Waals surface area contributed by atoms with Crippen molar-refractivity contribution in [1.29, 1.82) is 0 Å². The average Bonchev–Trinajstić information content (AvgIpc) is 2.80. The van der Waals surface area contributed by atoms with Gasteiger partial charge in [0, 0.05) is 19.2 Å². The van der Waals surface area contributed by atoms with Gasteiger partial charge < -0.3 is 25.2 Å². The van der Waals surface area contributed by atoms with Gasteiger partial charge in [-0.3, -0.25) is 9.59 Å². The molecule has 8 heteroatoms. The molecular weight excluding hydrogens is 376 g/mol. The zero-order chi connectivity index (χ0) is 21.2. The monoisotopic (exact) mass is 398 g/mol. The molecule has 0 bridgehead atoms. The average molecular weight is 398 g/mol. The van der Waals surface area contributed by atoms with Crippen LogP contribution in [0.5, 0.6) is 0 Å². The molecule has 3 rings (SSSR count). The lowest BCUT2D eigenvalue weighted by Gasteiger charge is -2.28. The molecule has 0 radical (unpaired) electrons. The number of carboxylic acids is 1. The molecule has 0 fully saturated rings. The number of hydrogen-bond acceptors (Lipinski definition) is 5. The second kappa shape index (κ2) is 8.02. The largest absolute Gasteiger partial charge is 0.479 e. The van der Waals surface area contributed by atoms with Crippen molar-refractivity contribution in [2.45, 2.75) is 18.6 Å². The maximum atomic E-state index is 13.4. The van der Waals surface area contributed by atoms with E-state index in [2.05, 4.69) is 5.32 Å². The number of ether oxygens (including phenoxy) is 1. The number of carbonyl (C=O) groups is 3. The number of carbonyl (C=O) groups excluding carboxylic acids is 2. The van der Waals surface area contributed by atoms with Gasteiger partial charge in [0.05, 0.1) is 12.3 Å². The number of nitrogens with zero attached hydrogens (tertiary/aromatic N) is 1. The summed E-state index contributed by atoms with van der Waals surface area (Å²) in [6.45, 7) is 1.38. The van der Waals surface area contributed by atoms with E-state index in [-0.39, 0.29) is 13.2 Å². The molecule has 1 unspecified atom stereocenters. The van der Waals surface area contributed by atoms with E-state index in [4.69, 9.17) is 9.84 Å². The van der Waals surface area contributed by atoms with Crippen molar-refractivity contribution in [2.24, 2.45) is 0 Å². The van der Waals surface area contributed by atoms with Crippen molar-refractivity contribution in [1.82, 2.24) is 5.32 Å². The number of aliphatic carboxylic acids is 1. The molecule has 0 saturated carbocycles. The lowest BCUT2D eigenvalue weighted by Crippen LogP contribution is -2.54. The third kappa shape index (κ3) is 3.72. The van der Waals surface area contributed by atoms with Gasteiger partial charge in [-0.1, -0.05) is 42.5 Å². The number of rotatable bonds is 6. The second-order valence-corrected chi connectivity index (χ2v) is 6.87. The van der Waals surface area contributed by atoms with Gasteiger partial charge in [0.25, 0.3) is 11.8 Å². The first-order valence-electron chi connectivity index (χ1n) is 9.04. The summed E-state index contributed by atoms with van der Waals surface area (Å²) in [5, 5.41) is 21.6. The normalized spacial score (nSPS) is 17.6. The van der Waals surface area contributed by atoms with Crippen LogP contribution in [0.4, 0.5) is 5.69 Å². The van der Waals surface area contributed by atoms with Crippen LogP contribution in [0, 0.1) is 0 Å². The first-order chi connectivity index (χ1) is 13.8. The van der Waals surface area contributed by atoms with E-state index in [0.29, 0.717) is 11.3 Å². The maximum Gasteiger partial charge on any atom is 0.345 e. The lowest BCUT2D eigenvalue weighted by atomic mass is 9.94. The molecule has 2 aromatic carbocycles. The third-order valence-corrected chi connectivity index (χ3v) is 4.92. The molecule has 1 aliphatic rings. The second-order valence-electron chi connectivity index (χ2n) is 6.87. The number of fused-ring (bicyclic) bond motifs is 3. The summed E-state index contributed by atoms with van der Waals surface area (Å²) in [7, 11) is 1.52. The van der Waals surface area contributed by atoms with E-state index < -0.39 is 29.4 Å². The van der Waals surface area contributed by atoms with E-state index in [0.717, 1.165) is 18.1 Å². The van der Waals surface area contributed by atoms with E-state index >= 15 is 0 Å². The number of aliphatic hydroxyl groups is 1. The minimum absolute atomic E-state index is 0.238. The molecule has 152 valence electrons. The van der Waals surface area contributed by atoms with Gasteiger partial charge in [0.15, 0.2) is 0 Å². The van der Waals surface area contributed by atoms with Crippen molar-refractivity contribution in [3.63, 3.8) is 0 Å². The molecule has 29 heavy (non-hydrogen) atoms. The fourth-order valence-corrected chi connectivity index (χ4v) is 3.26. The Kier molecular flexibility index (Phi) is 5.67. The van der Waals surface area contributed by atoms with Gasteiger partial charge in [-0.25, -0.2) is 4.79 Å². The van der Waals surface area contributed by atoms with Gasteiger partial charge >= 0.3 is 5.97 Å². The maximum absolute atomic E-state index is 13.4. The minimum atomic E-state index is -2.67. The number of hydrogen-bond donors (Lipinski definition) is 3. The SMILES string of the molecule is COCCN1C(=O)C(NC(=O)[C@](C)(O)C(=O)O)c2ccccc2-c2ccccc21. The van der Waals surface area contributed by atoms with Gasteiger partial charge in [-0.2, -0.15) is 0 Å². The number of carboxylic acid groups (broad SMARTS) is 1. The first kappa shape index (κ1) is 20.5. The van der Waals surface area contributed by atoms with Crippen molar-refractivity contribution in [2.75, 3.05) is 25.2 Å². The summed E-state index contributed by atoms with van der Waals surface area (Å²) in [4.78, 5) is 38.7. The van der Waals surface area contributed by atoms with Crippen LogP contribution in [0.1, 0.15) is 18.5 Å². The Hall–Kier alpha value is -3.23. The Morgan fingerprint density at radius 3 is 2.41 bits per heavy atom. The molecule has 0 saturated heterocycles. The van der Waals surface area contributed by atoms with Crippen LogP contribution in [0.2, 0.25) is 0 Å². The highest BCUT2D eigenvalue weighted by atomic mass is 16.5. The van der Waals surface area contributed by atoms with Crippen LogP contribution < -0.4 is 10.2 Å². The van der Waals surface area contributed by atoms with Crippen molar-refractivity contribution < 1.29 is 29.3 Å². The summed E-state index contributed by atoms with van der Waals surface area (Å²) < 4.78 is 5.13. The topological polar surface area (TPSA) is 116 Å². The molecule has 3 N–H and O–H groups in total. The van der Waals surface area contributed by atoms with E-state index in [1.807, 2.05) is 30.3 Å². The first-order valence-corrected chi connectivity index (χ1v) is 9.04. The highest BCUT2D eigenvalue weighted by molar-refractivity contribution is 6.09. The number of para-hydroxylation sites is 1. The van der Waals surface area contributed by atoms with E-state index in [1.165, 1.54) is 12.0 Å². The predicted octanol–water partition coefficient (Wildman–Crippen LogP) is 1.34. The number of amides is 2. The van der Waals surface area contributed by atoms with Gasteiger partial charge in [0.1, 0.15) is 6.04 Å².